The fraction of sp³-hybridized carbons (Fsp3) is 0.400. The van der Waals surface area contributed by atoms with Crippen LogP contribution in [0.3, 0.4) is 0 Å². The van der Waals surface area contributed by atoms with Crippen molar-refractivity contribution in [1.82, 2.24) is 4.31 Å². The van der Waals surface area contributed by atoms with Crippen molar-refractivity contribution in [2.24, 2.45) is 0 Å². The van der Waals surface area contributed by atoms with Crippen LogP contribution in [0.4, 0.5) is 0 Å². The molecule has 0 bridgehead atoms. The quantitative estimate of drug-likeness (QED) is 0.685. The molecular formula is C20H27NO5S. The molecule has 7 heteroatoms. The summed E-state index contributed by atoms with van der Waals surface area (Å²) in [4.78, 5) is 0.225. The minimum Gasteiger partial charge on any atom is -0.496 e. The number of sulfonamides is 1. The summed E-state index contributed by atoms with van der Waals surface area (Å²) in [5.74, 6) is 1.97. The molecule has 0 radical (unpaired) electrons. The van der Waals surface area contributed by atoms with E-state index in [0.717, 1.165) is 5.56 Å². The monoisotopic (exact) mass is 393 g/mol. The van der Waals surface area contributed by atoms with E-state index in [2.05, 4.69) is 0 Å². The second kappa shape index (κ2) is 8.63. The summed E-state index contributed by atoms with van der Waals surface area (Å²) in [6.07, 6.45) is 0. The topological polar surface area (TPSA) is 65.1 Å². The molecule has 0 aliphatic carbocycles. The summed E-state index contributed by atoms with van der Waals surface area (Å²) in [6.45, 7) is 4.12. The maximum Gasteiger partial charge on any atom is 0.243 e. The molecule has 2 aromatic carbocycles. The molecule has 0 saturated heterocycles. The first-order valence-corrected chi connectivity index (χ1v) is 10.0. The van der Waals surface area contributed by atoms with Crippen molar-refractivity contribution in [2.45, 2.75) is 31.2 Å². The Balaban J connectivity index is 2.42. The lowest BCUT2D eigenvalue weighted by molar-refractivity contribution is 0.371. The van der Waals surface area contributed by atoms with Gasteiger partial charge in [-0.1, -0.05) is 19.9 Å². The Morgan fingerprint density at radius 1 is 0.926 bits per heavy atom. The van der Waals surface area contributed by atoms with E-state index < -0.39 is 10.0 Å². The van der Waals surface area contributed by atoms with Gasteiger partial charge in [-0.3, -0.25) is 0 Å². The van der Waals surface area contributed by atoms with Crippen LogP contribution < -0.4 is 14.2 Å². The number of ether oxygens (including phenoxy) is 3. The molecule has 0 unspecified atom stereocenters. The molecule has 0 amide bonds. The van der Waals surface area contributed by atoms with Gasteiger partial charge in [0, 0.05) is 13.6 Å². The van der Waals surface area contributed by atoms with Crippen LogP contribution in [0.1, 0.15) is 30.9 Å². The van der Waals surface area contributed by atoms with Gasteiger partial charge in [0.25, 0.3) is 0 Å². The van der Waals surface area contributed by atoms with Crippen LogP contribution in [0, 0.1) is 0 Å². The standard InChI is InChI=1S/C20H27NO5S/c1-14(2)16-12-15(10-11-20(16)26-6)27(22,23)21(3)13-17-18(24-4)8-7-9-19(17)25-5/h7-12,14H,13H2,1-6H3. The van der Waals surface area contributed by atoms with Crippen LogP contribution in [-0.2, 0) is 16.6 Å². The van der Waals surface area contributed by atoms with Gasteiger partial charge in [0.1, 0.15) is 17.2 Å². The lowest BCUT2D eigenvalue weighted by Gasteiger charge is -2.21. The molecule has 148 valence electrons. The summed E-state index contributed by atoms with van der Waals surface area (Å²) in [6, 6.07) is 10.3. The molecule has 0 atom stereocenters. The second-order valence-electron chi connectivity index (χ2n) is 6.46. The van der Waals surface area contributed by atoms with Crippen LogP contribution in [0.2, 0.25) is 0 Å². The molecule has 0 aliphatic rings. The summed E-state index contributed by atoms with van der Waals surface area (Å²) in [5.41, 5.74) is 1.52. The molecule has 0 saturated carbocycles. The molecule has 0 fully saturated rings. The lowest BCUT2D eigenvalue weighted by atomic mass is 10.0. The van der Waals surface area contributed by atoms with Gasteiger partial charge >= 0.3 is 0 Å². The minimum absolute atomic E-state index is 0.124. The lowest BCUT2D eigenvalue weighted by Crippen LogP contribution is -2.27. The molecule has 0 aromatic heterocycles. The zero-order valence-corrected chi connectivity index (χ0v) is 17.5. The smallest absolute Gasteiger partial charge is 0.243 e. The molecule has 0 N–H and O–H groups in total. The van der Waals surface area contributed by atoms with Gasteiger partial charge in [-0.25, -0.2) is 8.42 Å². The van der Waals surface area contributed by atoms with E-state index in [-0.39, 0.29) is 17.4 Å². The molecule has 0 spiro atoms. The normalized spacial score (nSPS) is 11.7. The van der Waals surface area contributed by atoms with Crippen molar-refractivity contribution in [3.8, 4) is 17.2 Å². The van der Waals surface area contributed by atoms with Gasteiger partial charge in [0.15, 0.2) is 0 Å². The number of nitrogens with zero attached hydrogens (tertiary/aromatic N) is 1. The van der Waals surface area contributed by atoms with Crippen molar-refractivity contribution >= 4 is 10.0 Å². The van der Waals surface area contributed by atoms with E-state index in [1.165, 1.54) is 4.31 Å². The third-order valence-corrected chi connectivity index (χ3v) is 6.24. The molecule has 27 heavy (non-hydrogen) atoms. The van der Waals surface area contributed by atoms with Crippen molar-refractivity contribution in [3.63, 3.8) is 0 Å². The van der Waals surface area contributed by atoms with Gasteiger partial charge in [-0.05, 0) is 41.8 Å². The molecular weight excluding hydrogens is 366 g/mol. The van der Waals surface area contributed by atoms with Gasteiger partial charge in [0.05, 0.1) is 31.8 Å². The minimum atomic E-state index is -3.70. The van der Waals surface area contributed by atoms with Crippen molar-refractivity contribution < 1.29 is 22.6 Å². The molecule has 2 rings (SSSR count). The maximum atomic E-state index is 13.1. The van der Waals surface area contributed by atoms with E-state index in [0.29, 0.717) is 22.8 Å². The zero-order valence-electron chi connectivity index (χ0n) is 16.6. The van der Waals surface area contributed by atoms with Crippen molar-refractivity contribution in [1.29, 1.82) is 0 Å². The van der Waals surface area contributed by atoms with Crippen molar-refractivity contribution in [2.75, 3.05) is 28.4 Å². The number of rotatable bonds is 8. The van der Waals surface area contributed by atoms with Crippen LogP contribution in [-0.4, -0.2) is 41.1 Å². The number of hydrogen-bond acceptors (Lipinski definition) is 5. The third kappa shape index (κ3) is 4.36. The van der Waals surface area contributed by atoms with Crippen LogP contribution in [0.15, 0.2) is 41.3 Å². The van der Waals surface area contributed by atoms with E-state index >= 15 is 0 Å². The highest BCUT2D eigenvalue weighted by molar-refractivity contribution is 7.89. The van der Waals surface area contributed by atoms with E-state index in [9.17, 15) is 8.42 Å². The molecule has 0 aliphatic heterocycles. The van der Waals surface area contributed by atoms with E-state index in [1.54, 1.807) is 64.8 Å². The molecule has 0 heterocycles. The molecule has 2 aromatic rings. The average molecular weight is 394 g/mol. The van der Waals surface area contributed by atoms with Crippen molar-refractivity contribution in [3.05, 3.63) is 47.5 Å². The second-order valence-corrected chi connectivity index (χ2v) is 8.51. The Bertz CT molecular complexity index is 871. The fourth-order valence-electron chi connectivity index (χ4n) is 2.90. The highest BCUT2D eigenvalue weighted by Gasteiger charge is 2.25. The largest absolute Gasteiger partial charge is 0.496 e. The molecule has 6 nitrogen and oxygen atoms in total. The SMILES string of the molecule is COc1ccc(S(=O)(=O)N(C)Cc2c(OC)cccc2OC)cc1C(C)C. The Morgan fingerprint density at radius 2 is 1.48 bits per heavy atom. The van der Waals surface area contributed by atoms with Crippen LogP contribution >= 0.6 is 0 Å². The van der Waals surface area contributed by atoms with Gasteiger partial charge in [0.2, 0.25) is 10.0 Å². The summed E-state index contributed by atoms with van der Waals surface area (Å²) >= 11 is 0. The number of benzene rings is 2. The predicted octanol–water partition coefficient (Wildman–Crippen LogP) is 3.66. The fourth-order valence-corrected chi connectivity index (χ4v) is 4.07. The first-order chi connectivity index (χ1) is 12.8. The summed E-state index contributed by atoms with van der Waals surface area (Å²) in [7, 11) is 2.51. The number of hydrogen-bond donors (Lipinski definition) is 0. The highest BCUT2D eigenvalue weighted by atomic mass is 32.2. The number of methoxy groups -OCH3 is 3. The Labute approximate surface area is 161 Å². The maximum absolute atomic E-state index is 13.1. The Morgan fingerprint density at radius 3 is 1.96 bits per heavy atom. The summed E-state index contributed by atoms with van der Waals surface area (Å²) < 4.78 is 43.6. The van der Waals surface area contributed by atoms with E-state index in [1.807, 2.05) is 13.8 Å². The Kier molecular flexibility index (Phi) is 6.73. The van der Waals surface area contributed by atoms with Gasteiger partial charge in [-0.2, -0.15) is 4.31 Å². The van der Waals surface area contributed by atoms with Crippen LogP contribution in [0.5, 0.6) is 17.2 Å². The first-order valence-electron chi connectivity index (χ1n) is 8.60. The first kappa shape index (κ1) is 21.1. The summed E-state index contributed by atoms with van der Waals surface area (Å²) in [5, 5.41) is 0. The van der Waals surface area contributed by atoms with Gasteiger partial charge in [-0.15, -0.1) is 0 Å². The van der Waals surface area contributed by atoms with E-state index in [4.69, 9.17) is 14.2 Å². The Hall–Kier alpha value is -2.25. The zero-order chi connectivity index (χ0) is 20.2. The average Bonchev–Trinajstić information content (AvgIpc) is 2.67. The highest BCUT2D eigenvalue weighted by Crippen LogP contribution is 2.33. The van der Waals surface area contributed by atoms with Crippen LogP contribution in [0.25, 0.3) is 0 Å². The van der Waals surface area contributed by atoms with Gasteiger partial charge < -0.3 is 14.2 Å². The third-order valence-electron chi connectivity index (χ3n) is 4.44. The predicted molar refractivity (Wildman–Crippen MR) is 105 cm³/mol.